The van der Waals surface area contributed by atoms with Gasteiger partial charge in [-0.05, 0) is 57.8 Å². The molecule has 1 amide bonds. The number of nitrogens with one attached hydrogen (secondary N) is 1. The van der Waals surface area contributed by atoms with E-state index in [1.54, 1.807) is 25.5 Å². The molecule has 0 saturated carbocycles. The zero-order valence-electron chi connectivity index (χ0n) is 19.2. The monoisotopic (exact) mass is 468 g/mol. The van der Waals surface area contributed by atoms with Gasteiger partial charge in [-0.3, -0.25) is 4.79 Å². The molecule has 1 aliphatic heterocycles. The molecule has 0 saturated heterocycles. The van der Waals surface area contributed by atoms with Gasteiger partial charge in [-0.1, -0.05) is 48.5 Å². The lowest BCUT2D eigenvalue weighted by molar-refractivity contribution is -0.120. The van der Waals surface area contributed by atoms with Crippen molar-refractivity contribution in [2.75, 3.05) is 13.9 Å². The van der Waals surface area contributed by atoms with Gasteiger partial charge in [-0.15, -0.1) is 0 Å². The Bertz CT molecular complexity index is 1390. The van der Waals surface area contributed by atoms with Crippen LogP contribution in [0.2, 0.25) is 0 Å². The molecule has 0 radical (unpaired) electrons. The van der Waals surface area contributed by atoms with Crippen LogP contribution in [-0.4, -0.2) is 26.0 Å². The van der Waals surface area contributed by atoms with E-state index in [0.717, 1.165) is 22.1 Å². The molecule has 0 bridgehead atoms. The molecule has 1 N–H and O–H groups in total. The van der Waals surface area contributed by atoms with Crippen molar-refractivity contribution in [3.05, 3.63) is 95.6 Å². The van der Waals surface area contributed by atoms with Crippen LogP contribution in [0.4, 0.5) is 0 Å². The van der Waals surface area contributed by atoms with Gasteiger partial charge < -0.3 is 18.9 Å². The van der Waals surface area contributed by atoms with E-state index in [1.807, 2.05) is 42.5 Å². The zero-order chi connectivity index (χ0) is 24.0. The van der Waals surface area contributed by atoms with E-state index in [2.05, 4.69) is 34.8 Å². The third-order valence-electron chi connectivity index (χ3n) is 5.66. The highest BCUT2D eigenvalue weighted by Gasteiger charge is 2.14. The summed E-state index contributed by atoms with van der Waals surface area (Å²) < 4.78 is 22.2. The van der Waals surface area contributed by atoms with Crippen LogP contribution >= 0.6 is 0 Å². The Labute approximate surface area is 202 Å². The molecule has 1 aliphatic rings. The Balaban J connectivity index is 1.19. The van der Waals surface area contributed by atoms with E-state index < -0.39 is 0 Å². The van der Waals surface area contributed by atoms with Gasteiger partial charge in [0.05, 0.1) is 19.7 Å². The Morgan fingerprint density at radius 2 is 1.83 bits per heavy atom. The summed E-state index contributed by atoms with van der Waals surface area (Å²) in [5.41, 5.74) is 5.23. The minimum Gasteiger partial charge on any atom is -0.493 e. The maximum atomic E-state index is 12.3. The lowest BCUT2D eigenvalue weighted by Crippen LogP contribution is -2.19. The molecule has 176 valence electrons. The minimum absolute atomic E-state index is 0.179. The average molecular weight is 469 g/mol. The molecule has 0 unspecified atom stereocenters. The van der Waals surface area contributed by atoms with Crippen LogP contribution in [0.3, 0.4) is 0 Å². The summed E-state index contributed by atoms with van der Waals surface area (Å²) in [6.45, 7) is 0.618. The molecular weight excluding hydrogens is 444 g/mol. The third-order valence-corrected chi connectivity index (χ3v) is 5.66. The van der Waals surface area contributed by atoms with Gasteiger partial charge in [-0.2, -0.15) is 5.10 Å². The van der Waals surface area contributed by atoms with Gasteiger partial charge in [0.25, 0.3) is 0 Å². The SMILES string of the molecule is COc1cc(/C=N\NC(=O)Cc2ccc3c(c2)OCO3)ccc1OCc1cccc2ccccc12. The van der Waals surface area contributed by atoms with Gasteiger partial charge in [0.1, 0.15) is 6.61 Å². The summed E-state index contributed by atoms with van der Waals surface area (Å²) in [7, 11) is 1.59. The zero-order valence-corrected chi connectivity index (χ0v) is 19.2. The predicted octanol–water partition coefficient (Wildman–Crippen LogP) is 4.85. The molecule has 0 aromatic heterocycles. The fourth-order valence-corrected chi connectivity index (χ4v) is 3.91. The minimum atomic E-state index is -0.234. The summed E-state index contributed by atoms with van der Waals surface area (Å²) in [4.78, 5) is 12.3. The van der Waals surface area contributed by atoms with Crippen molar-refractivity contribution in [1.29, 1.82) is 0 Å². The smallest absolute Gasteiger partial charge is 0.244 e. The Kier molecular flexibility index (Phi) is 6.48. The van der Waals surface area contributed by atoms with E-state index in [4.69, 9.17) is 18.9 Å². The summed E-state index contributed by atoms with van der Waals surface area (Å²) in [5.74, 6) is 2.31. The first-order chi connectivity index (χ1) is 17.2. The lowest BCUT2D eigenvalue weighted by atomic mass is 10.1. The molecule has 0 fully saturated rings. The van der Waals surface area contributed by atoms with E-state index in [9.17, 15) is 4.79 Å². The Hall–Kier alpha value is -4.52. The van der Waals surface area contributed by atoms with E-state index in [0.29, 0.717) is 29.6 Å². The molecule has 35 heavy (non-hydrogen) atoms. The molecule has 5 rings (SSSR count). The molecule has 4 aromatic carbocycles. The molecule has 7 nitrogen and oxygen atoms in total. The van der Waals surface area contributed by atoms with Crippen LogP contribution in [-0.2, 0) is 17.8 Å². The number of amides is 1. The van der Waals surface area contributed by atoms with Gasteiger partial charge >= 0.3 is 0 Å². The largest absolute Gasteiger partial charge is 0.493 e. The topological polar surface area (TPSA) is 78.4 Å². The highest BCUT2D eigenvalue weighted by molar-refractivity contribution is 5.86. The standard InChI is InChI=1S/C28H24N2O5/c1-32-26-14-20(16-29-30-28(31)15-19-9-11-25-27(13-19)35-18-34-25)10-12-24(26)33-17-22-7-4-6-21-5-2-3-8-23(21)22/h2-14,16H,15,17-18H2,1H3,(H,30,31)/b29-16-. The van der Waals surface area contributed by atoms with Crippen LogP contribution in [0.25, 0.3) is 10.8 Å². The summed E-state index contributed by atoms with van der Waals surface area (Å²) in [6, 6.07) is 25.3. The van der Waals surface area contributed by atoms with Crippen molar-refractivity contribution in [2.45, 2.75) is 13.0 Å². The molecule has 0 aliphatic carbocycles. The number of benzene rings is 4. The van der Waals surface area contributed by atoms with Gasteiger partial charge in [0.15, 0.2) is 23.0 Å². The molecule has 0 spiro atoms. The number of hydrogen-bond donors (Lipinski definition) is 1. The third kappa shape index (κ3) is 5.19. The second kappa shape index (κ2) is 10.2. The molecular formula is C28H24N2O5. The number of hydrogen-bond acceptors (Lipinski definition) is 6. The van der Waals surface area contributed by atoms with Crippen LogP contribution in [0.1, 0.15) is 16.7 Å². The van der Waals surface area contributed by atoms with Gasteiger partial charge in [-0.25, -0.2) is 5.43 Å². The van der Waals surface area contributed by atoms with E-state index in [1.165, 1.54) is 5.39 Å². The quantitative estimate of drug-likeness (QED) is 0.296. The summed E-state index contributed by atoms with van der Waals surface area (Å²) in [5, 5.41) is 6.40. The fourth-order valence-electron chi connectivity index (χ4n) is 3.91. The van der Waals surface area contributed by atoms with Crippen molar-refractivity contribution in [3.8, 4) is 23.0 Å². The number of fused-ring (bicyclic) bond motifs is 2. The maximum Gasteiger partial charge on any atom is 0.244 e. The summed E-state index contributed by atoms with van der Waals surface area (Å²) >= 11 is 0. The second-order valence-corrected chi connectivity index (χ2v) is 7.99. The number of carbonyl (C=O) groups excluding carboxylic acids is 1. The van der Waals surface area contributed by atoms with E-state index >= 15 is 0 Å². The number of methoxy groups -OCH3 is 1. The molecule has 0 atom stereocenters. The van der Waals surface area contributed by atoms with Crippen molar-refractivity contribution in [3.63, 3.8) is 0 Å². The number of hydrazone groups is 1. The van der Waals surface area contributed by atoms with Crippen LogP contribution in [0, 0.1) is 0 Å². The van der Waals surface area contributed by atoms with Crippen molar-refractivity contribution >= 4 is 22.9 Å². The Morgan fingerprint density at radius 3 is 2.74 bits per heavy atom. The van der Waals surface area contributed by atoms with E-state index in [-0.39, 0.29) is 19.1 Å². The van der Waals surface area contributed by atoms with Crippen LogP contribution in [0.5, 0.6) is 23.0 Å². The second-order valence-electron chi connectivity index (χ2n) is 7.99. The summed E-state index contributed by atoms with van der Waals surface area (Å²) in [6.07, 6.45) is 1.74. The van der Waals surface area contributed by atoms with Gasteiger partial charge in [0.2, 0.25) is 12.7 Å². The van der Waals surface area contributed by atoms with Crippen molar-refractivity contribution in [1.82, 2.24) is 5.43 Å². The number of rotatable bonds is 8. The highest BCUT2D eigenvalue weighted by atomic mass is 16.7. The van der Waals surface area contributed by atoms with Gasteiger partial charge in [0, 0.05) is 0 Å². The van der Waals surface area contributed by atoms with Crippen LogP contribution in [0.15, 0.2) is 84.0 Å². The first kappa shape index (κ1) is 22.3. The molecule has 4 aromatic rings. The lowest BCUT2D eigenvalue weighted by Gasteiger charge is -2.12. The highest BCUT2D eigenvalue weighted by Crippen LogP contribution is 2.32. The number of nitrogens with zero attached hydrogens (tertiary/aromatic N) is 1. The number of carbonyl (C=O) groups is 1. The van der Waals surface area contributed by atoms with Crippen LogP contribution < -0.4 is 24.4 Å². The average Bonchev–Trinajstić information content (AvgIpc) is 3.35. The predicted molar refractivity (Wildman–Crippen MR) is 133 cm³/mol. The molecule has 1 heterocycles. The fraction of sp³-hybridized carbons (Fsp3) is 0.143. The maximum absolute atomic E-state index is 12.3. The first-order valence-electron chi connectivity index (χ1n) is 11.2. The van der Waals surface area contributed by atoms with Crippen molar-refractivity contribution in [2.24, 2.45) is 5.10 Å². The normalized spacial score (nSPS) is 12.1. The number of ether oxygens (including phenoxy) is 4. The van der Waals surface area contributed by atoms with Crippen molar-refractivity contribution < 1.29 is 23.7 Å². The first-order valence-corrected chi connectivity index (χ1v) is 11.2. The molecule has 7 heteroatoms. The Morgan fingerprint density at radius 1 is 0.971 bits per heavy atom.